The van der Waals surface area contributed by atoms with E-state index in [1.807, 2.05) is 0 Å². The van der Waals surface area contributed by atoms with Crippen LogP contribution in [0.1, 0.15) is 15.9 Å². The molecule has 1 aliphatic rings. The number of ether oxygens (including phenoxy) is 2. The lowest BCUT2D eigenvalue weighted by Gasteiger charge is -2.32. The van der Waals surface area contributed by atoms with Crippen molar-refractivity contribution >= 4 is 35.1 Å². The summed E-state index contributed by atoms with van der Waals surface area (Å²) in [4.78, 5) is 22.2. The molecule has 2 N–H and O–H groups in total. The third-order valence-corrected chi connectivity index (χ3v) is 4.80. The number of hydrogen-bond donors (Lipinski definition) is 2. The highest BCUT2D eigenvalue weighted by Crippen LogP contribution is 2.44. The molecule has 3 rings (SSSR count). The van der Waals surface area contributed by atoms with Crippen LogP contribution in [-0.2, 0) is 11.2 Å². The number of carboxylic acid groups (broad SMARTS) is 2. The van der Waals surface area contributed by atoms with Crippen LogP contribution in [0.5, 0.6) is 17.2 Å². The van der Waals surface area contributed by atoms with Gasteiger partial charge >= 0.3 is 18.1 Å². The van der Waals surface area contributed by atoms with E-state index >= 15 is 0 Å². The third kappa shape index (κ3) is 4.35. The van der Waals surface area contributed by atoms with E-state index in [0.29, 0.717) is 0 Å². The van der Waals surface area contributed by atoms with Gasteiger partial charge < -0.3 is 19.7 Å². The Balaban J connectivity index is 1.95. The number of fused-ring (bicyclic) bond motifs is 1. The van der Waals surface area contributed by atoms with Crippen LogP contribution in [0.15, 0.2) is 30.3 Å². The van der Waals surface area contributed by atoms with Crippen LogP contribution in [0.2, 0.25) is 10.0 Å². The monoisotopic (exact) mass is 450 g/mol. The molecule has 2 atom stereocenters. The SMILES string of the molecule is O=C(O)c1ccc(Oc2cc3c(cc2Cl)C[C@@H](C(=O)O)[C@@H](C(F)(F)F)O3)c(Cl)c1. The first-order valence-corrected chi connectivity index (χ1v) is 8.72. The van der Waals surface area contributed by atoms with Gasteiger partial charge in [-0.2, -0.15) is 13.2 Å². The molecule has 0 spiro atoms. The van der Waals surface area contributed by atoms with E-state index in [1.165, 1.54) is 18.2 Å². The highest BCUT2D eigenvalue weighted by atomic mass is 35.5. The summed E-state index contributed by atoms with van der Waals surface area (Å²) in [5, 5.41) is 18.0. The number of halogens is 5. The summed E-state index contributed by atoms with van der Waals surface area (Å²) in [5.74, 6) is -4.95. The van der Waals surface area contributed by atoms with Crippen LogP contribution in [-0.4, -0.2) is 34.4 Å². The molecule has 0 bridgehead atoms. The van der Waals surface area contributed by atoms with Gasteiger partial charge in [-0.3, -0.25) is 4.79 Å². The minimum Gasteiger partial charge on any atom is -0.481 e. The van der Waals surface area contributed by atoms with Crippen LogP contribution < -0.4 is 9.47 Å². The molecule has 0 saturated heterocycles. The molecule has 2 aromatic rings. The van der Waals surface area contributed by atoms with E-state index in [4.69, 9.17) is 42.9 Å². The molecule has 1 aliphatic heterocycles. The van der Waals surface area contributed by atoms with Crippen molar-refractivity contribution in [2.45, 2.75) is 18.7 Å². The Hall–Kier alpha value is -2.65. The van der Waals surface area contributed by atoms with Crippen molar-refractivity contribution in [2.24, 2.45) is 5.92 Å². The highest BCUT2D eigenvalue weighted by Gasteiger charge is 2.52. The number of hydrogen-bond acceptors (Lipinski definition) is 4. The largest absolute Gasteiger partial charge is 0.481 e. The summed E-state index contributed by atoms with van der Waals surface area (Å²) in [6.45, 7) is 0. The quantitative estimate of drug-likeness (QED) is 0.676. The number of aliphatic carboxylic acids is 1. The lowest BCUT2D eigenvalue weighted by molar-refractivity contribution is -0.217. The standard InChI is InChI=1S/C18H11Cl2F3O6/c19-10-4-7(16(24)25)1-2-12(10)28-14-6-13-8(5-11(14)20)3-9(17(26)27)15(29-13)18(21,22)23/h1-2,4-6,9,15H,3H2,(H,24,25)(H,26,27)/t9-,15+/m1/s1. The molecule has 0 fully saturated rings. The molecule has 29 heavy (non-hydrogen) atoms. The van der Waals surface area contributed by atoms with Crippen LogP contribution in [0.25, 0.3) is 0 Å². The van der Waals surface area contributed by atoms with Crippen LogP contribution in [0.3, 0.4) is 0 Å². The molecule has 0 amide bonds. The van der Waals surface area contributed by atoms with Crippen molar-refractivity contribution in [1.29, 1.82) is 0 Å². The summed E-state index contributed by atoms with van der Waals surface area (Å²) >= 11 is 12.1. The highest BCUT2D eigenvalue weighted by molar-refractivity contribution is 6.33. The molecule has 0 aromatic heterocycles. The van der Waals surface area contributed by atoms with Crippen molar-refractivity contribution < 1.29 is 42.4 Å². The fourth-order valence-electron chi connectivity index (χ4n) is 2.83. The van der Waals surface area contributed by atoms with Crippen molar-refractivity contribution in [2.75, 3.05) is 0 Å². The molecule has 0 saturated carbocycles. The molecule has 0 aliphatic carbocycles. The second-order valence-corrected chi connectivity index (χ2v) is 6.99. The fourth-order valence-corrected chi connectivity index (χ4v) is 3.28. The van der Waals surface area contributed by atoms with Crippen molar-refractivity contribution in [3.63, 3.8) is 0 Å². The summed E-state index contributed by atoms with van der Waals surface area (Å²) in [5.41, 5.74) is 0.0949. The Morgan fingerprint density at radius 1 is 1.07 bits per heavy atom. The van der Waals surface area contributed by atoms with E-state index in [1.54, 1.807) is 0 Å². The molecular formula is C18H11Cl2F3O6. The number of rotatable bonds is 4. The Kier molecular flexibility index (Phi) is 5.55. The van der Waals surface area contributed by atoms with Gasteiger partial charge in [0.25, 0.3) is 0 Å². The zero-order chi connectivity index (χ0) is 21.5. The van der Waals surface area contributed by atoms with Gasteiger partial charge in [0.1, 0.15) is 23.2 Å². The Morgan fingerprint density at radius 3 is 2.28 bits per heavy atom. The molecule has 11 heteroatoms. The molecule has 6 nitrogen and oxygen atoms in total. The van der Waals surface area contributed by atoms with Gasteiger partial charge in [0.05, 0.1) is 15.6 Å². The Labute approximate surface area is 171 Å². The second kappa shape index (κ2) is 7.64. The lowest BCUT2D eigenvalue weighted by atomic mass is 9.90. The van der Waals surface area contributed by atoms with Crippen LogP contribution in [0.4, 0.5) is 13.2 Å². The summed E-state index contributed by atoms with van der Waals surface area (Å²) in [6.07, 6.45) is -7.85. The fraction of sp³-hybridized carbons (Fsp3) is 0.222. The normalized spacial score (nSPS) is 18.5. The van der Waals surface area contributed by atoms with Gasteiger partial charge in [-0.15, -0.1) is 0 Å². The van der Waals surface area contributed by atoms with Gasteiger partial charge in [0.15, 0.2) is 0 Å². The van der Waals surface area contributed by atoms with Crippen molar-refractivity contribution in [1.82, 2.24) is 0 Å². The summed E-state index contributed by atoms with van der Waals surface area (Å²) in [6, 6.07) is 5.99. The third-order valence-electron chi connectivity index (χ3n) is 4.21. The molecule has 0 unspecified atom stereocenters. The first kappa shape index (κ1) is 21.1. The van der Waals surface area contributed by atoms with E-state index in [2.05, 4.69) is 0 Å². The number of aromatic carboxylic acids is 1. The van der Waals surface area contributed by atoms with Gasteiger partial charge in [-0.1, -0.05) is 23.2 Å². The molecular weight excluding hydrogens is 440 g/mol. The van der Waals surface area contributed by atoms with E-state index < -0.39 is 36.6 Å². The average molecular weight is 451 g/mol. The number of alkyl halides is 3. The van der Waals surface area contributed by atoms with Gasteiger partial charge in [0, 0.05) is 6.07 Å². The maximum atomic E-state index is 13.2. The minimum absolute atomic E-state index is 0.0136. The minimum atomic E-state index is -4.89. The lowest BCUT2D eigenvalue weighted by Crippen LogP contribution is -2.47. The topological polar surface area (TPSA) is 93.1 Å². The van der Waals surface area contributed by atoms with E-state index in [-0.39, 0.29) is 38.4 Å². The Bertz CT molecular complexity index is 992. The zero-order valence-electron chi connectivity index (χ0n) is 14.2. The molecule has 2 aromatic carbocycles. The van der Waals surface area contributed by atoms with Crippen molar-refractivity contribution in [3.05, 3.63) is 51.5 Å². The van der Waals surface area contributed by atoms with Crippen LogP contribution in [0, 0.1) is 5.92 Å². The average Bonchev–Trinajstić information content (AvgIpc) is 2.61. The van der Waals surface area contributed by atoms with E-state index in [9.17, 15) is 22.8 Å². The van der Waals surface area contributed by atoms with Gasteiger partial charge in [-0.05, 0) is 36.2 Å². The first-order valence-electron chi connectivity index (χ1n) is 7.96. The maximum Gasteiger partial charge on any atom is 0.426 e. The first-order chi connectivity index (χ1) is 13.5. The van der Waals surface area contributed by atoms with Gasteiger partial charge in [-0.25, -0.2) is 4.79 Å². The predicted octanol–water partition coefficient (Wildman–Crippen LogP) is 5.05. The smallest absolute Gasteiger partial charge is 0.426 e. The van der Waals surface area contributed by atoms with E-state index in [0.717, 1.165) is 12.1 Å². The Morgan fingerprint density at radius 2 is 1.72 bits per heavy atom. The maximum absolute atomic E-state index is 13.2. The molecule has 154 valence electrons. The summed E-state index contributed by atoms with van der Waals surface area (Å²) < 4.78 is 50.1. The molecule has 0 radical (unpaired) electrons. The predicted molar refractivity (Wildman–Crippen MR) is 95.2 cm³/mol. The number of carbonyl (C=O) groups is 2. The molecule has 1 heterocycles. The van der Waals surface area contributed by atoms with Crippen molar-refractivity contribution in [3.8, 4) is 17.2 Å². The summed E-state index contributed by atoms with van der Waals surface area (Å²) in [7, 11) is 0. The number of benzene rings is 2. The van der Waals surface area contributed by atoms with Crippen LogP contribution >= 0.6 is 23.2 Å². The zero-order valence-corrected chi connectivity index (χ0v) is 15.7. The van der Waals surface area contributed by atoms with Gasteiger partial charge in [0.2, 0.25) is 6.10 Å². The number of carboxylic acids is 2. The second-order valence-electron chi connectivity index (χ2n) is 6.17.